The molecule has 0 saturated carbocycles. The number of hydrogen-bond donors (Lipinski definition) is 1. The van der Waals surface area contributed by atoms with E-state index in [1.807, 2.05) is 6.92 Å². The summed E-state index contributed by atoms with van der Waals surface area (Å²) in [4.78, 5) is 2.49. The van der Waals surface area contributed by atoms with Crippen LogP contribution in [0, 0.1) is 0 Å². The van der Waals surface area contributed by atoms with Crippen molar-refractivity contribution in [3.8, 4) is 5.75 Å². The van der Waals surface area contributed by atoms with E-state index in [1.165, 1.54) is 37.1 Å². The average molecular weight is 248 g/mol. The van der Waals surface area contributed by atoms with Gasteiger partial charge in [0.05, 0.1) is 7.11 Å². The molecule has 0 bridgehead atoms. The molecular formula is C15H24N2O. The Bertz CT molecular complexity index is 384. The Labute approximate surface area is 110 Å². The van der Waals surface area contributed by atoms with Gasteiger partial charge in [0.2, 0.25) is 0 Å². The van der Waals surface area contributed by atoms with Crippen LogP contribution >= 0.6 is 0 Å². The fraction of sp³-hybridized carbons (Fsp3) is 0.600. The summed E-state index contributed by atoms with van der Waals surface area (Å²) in [5.74, 6) is 0.996. The lowest BCUT2D eigenvalue weighted by atomic mass is 10.0. The van der Waals surface area contributed by atoms with Gasteiger partial charge in [0, 0.05) is 18.2 Å². The molecule has 1 heterocycles. The van der Waals surface area contributed by atoms with Crippen LogP contribution in [0.1, 0.15) is 30.9 Å². The Balaban J connectivity index is 2.13. The van der Waals surface area contributed by atoms with Gasteiger partial charge in [-0.2, -0.15) is 0 Å². The quantitative estimate of drug-likeness (QED) is 0.868. The van der Waals surface area contributed by atoms with Crippen molar-refractivity contribution < 1.29 is 4.74 Å². The lowest BCUT2D eigenvalue weighted by molar-refractivity contribution is 0.320. The molecule has 1 saturated heterocycles. The van der Waals surface area contributed by atoms with Gasteiger partial charge in [-0.1, -0.05) is 12.1 Å². The number of hydrogen-bond acceptors (Lipinski definition) is 3. The second-order valence-electron chi connectivity index (χ2n) is 5.31. The second-order valence-corrected chi connectivity index (χ2v) is 5.31. The zero-order chi connectivity index (χ0) is 13.0. The van der Waals surface area contributed by atoms with Gasteiger partial charge in [-0.3, -0.25) is 4.90 Å². The van der Waals surface area contributed by atoms with E-state index in [-0.39, 0.29) is 6.04 Å². The maximum Gasteiger partial charge on any atom is 0.123 e. The highest BCUT2D eigenvalue weighted by Gasteiger charge is 2.14. The molecule has 1 atom stereocenters. The highest BCUT2D eigenvalue weighted by molar-refractivity contribution is 5.37. The van der Waals surface area contributed by atoms with Crippen molar-refractivity contribution in [2.45, 2.75) is 38.8 Å². The Morgan fingerprint density at radius 2 is 2.06 bits per heavy atom. The van der Waals surface area contributed by atoms with Gasteiger partial charge in [0.25, 0.3) is 0 Å². The molecule has 0 aliphatic carbocycles. The minimum absolute atomic E-state index is 0.207. The predicted octanol–water partition coefficient (Wildman–Crippen LogP) is 2.18. The Morgan fingerprint density at radius 1 is 1.33 bits per heavy atom. The van der Waals surface area contributed by atoms with Crippen LogP contribution in [-0.2, 0) is 13.0 Å². The van der Waals surface area contributed by atoms with Gasteiger partial charge in [-0.15, -0.1) is 0 Å². The third kappa shape index (κ3) is 3.47. The summed E-state index contributed by atoms with van der Waals surface area (Å²) in [6, 6.07) is 6.65. The van der Waals surface area contributed by atoms with Crippen LogP contribution in [-0.4, -0.2) is 31.1 Å². The third-order valence-corrected chi connectivity index (χ3v) is 3.50. The molecule has 1 unspecified atom stereocenters. The Hall–Kier alpha value is -1.06. The lowest BCUT2D eigenvalue weighted by Gasteiger charge is -2.18. The molecule has 0 amide bonds. The van der Waals surface area contributed by atoms with E-state index >= 15 is 0 Å². The Morgan fingerprint density at radius 3 is 2.67 bits per heavy atom. The van der Waals surface area contributed by atoms with Crippen LogP contribution in [0.3, 0.4) is 0 Å². The largest absolute Gasteiger partial charge is 0.496 e. The summed E-state index contributed by atoms with van der Waals surface area (Å²) >= 11 is 0. The fourth-order valence-corrected chi connectivity index (χ4v) is 2.64. The standard InChI is InChI=1S/C15H24N2O/c1-12(16)9-13-5-6-15(18-2)14(10-13)11-17-7-3-4-8-17/h5-6,10,12H,3-4,7-9,11,16H2,1-2H3. The SMILES string of the molecule is COc1ccc(CC(C)N)cc1CN1CCCC1. The number of methoxy groups -OCH3 is 1. The average Bonchev–Trinajstić information content (AvgIpc) is 2.81. The monoisotopic (exact) mass is 248 g/mol. The maximum atomic E-state index is 5.87. The van der Waals surface area contributed by atoms with Gasteiger partial charge in [-0.25, -0.2) is 0 Å². The molecule has 2 N–H and O–H groups in total. The van der Waals surface area contributed by atoms with Crippen LogP contribution in [0.5, 0.6) is 5.75 Å². The number of nitrogens with two attached hydrogens (primary N) is 1. The van der Waals surface area contributed by atoms with Gasteiger partial charge in [0.15, 0.2) is 0 Å². The van der Waals surface area contributed by atoms with E-state index in [9.17, 15) is 0 Å². The first-order valence-electron chi connectivity index (χ1n) is 6.83. The van der Waals surface area contributed by atoms with Crippen molar-refractivity contribution in [1.29, 1.82) is 0 Å². The molecule has 3 heteroatoms. The van der Waals surface area contributed by atoms with Crippen molar-refractivity contribution >= 4 is 0 Å². The molecule has 1 aromatic rings. The first-order valence-corrected chi connectivity index (χ1v) is 6.83. The molecule has 0 radical (unpaired) electrons. The molecule has 100 valence electrons. The topological polar surface area (TPSA) is 38.5 Å². The van der Waals surface area contributed by atoms with Crippen LogP contribution < -0.4 is 10.5 Å². The number of ether oxygens (including phenoxy) is 1. The molecule has 1 fully saturated rings. The zero-order valence-corrected chi connectivity index (χ0v) is 11.5. The van der Waals surface area contributed by atoms with Gasteiger partial charge in [0.1, 0.15) is 5.75 Å². The zero-order valence-electron chi connectivity index (χ0n) is 11.5. The third-order valence-electron chi connectivity index (χ3n) is 3.50. The minimum Gasteiger partial charge on any atom is -0.496 e. The van der Waals surface area contributed by atoms with Crippen LogP contribution in [0.25, 0.3) is 0 Å². The van der Waals surface area contributed by atoms with Crippen molar-refractivity contribution in [2.24, 2.45) is 5.73 Å². The first kappa shape index (κ1) is 13.4. The van der Waals surface area contributed by atoms with E-state index in [0.717, 1.165) is 18.7 Å². The molecule has 2 rings (SSSR count). The summed E-state index contributed by atoms with van der Waals surface area (Å²) in [6.07, 6.45) is 3.57. The summed E-state index contributed by atoms with van der Waals surface area (Å²) in [5, 5.41) is 0. The van der Waals surface area contributed by atoms with Crippen LogP contribution in [0.4, 0.5) is 0 Å². The minimum atomic E-state index is 0.207. The lowest BCUT2D eigenvalue weighted by Crippen LogP contribution is -2.20. The predicted molar refractivity (Wildman–Crippen MR) is 74.9 cm³/mol. The smallest absolute Gasteiger partial charge is 0.123 e. The van der Waals surface area contributed by atoms with E-state index in [0.29, 0.717) is 0 Å². The number of rotatable bonds is 5. The molecule has 3 nitrogen and oxygen atoms in total. The fourth-order valence-electron chi connectivity index (χ4n) is 2.64. The van der Waals surface area contributed by atoms with Crippen molar-refractivity contribution in [2.75, 3.05) is 20.2 Å². The van der Waals surface area contributed by atoms with Gasteiger partial charge in [-0.05, 0) is 50.9 Å². The van der Waals surface area contributed by atoms with E-state index in [4.69, 9.17) is 10.5 Å². The number of nitrogens with zero attached hydrogens (tertiary/aromatic N) is 1. The van der Waals surface area contributed by atoms with E-state index in [2.05, 4.69) is 23.1 Å². The molecule has 18 heavy (non-hydrogen) atoms. The Kier molecular flexibility index (Phi) is 4.61. The number of benzene rings is 1. The van der Waals surface area contributed by atoms with Crippen molar-refractivity contribution in [3.63, 3.8) is 0 Å². The summed E-state index contributed by atoms with van der Waals surface area (Å²) in [7, 11) is 1.74. The molecule has 1 aromatic carbocycles. The summed E-state index contributed by atoms with van der Waals surface area (Å²) in [6.45, 7) is 5.46. The van der Waals surface area contributed by atoms with E-state index in [1.54, 1.807) is 7.11 Å². The van der Waals surface area contributed by atoms with E-state index < -0.39 is 0 Å². The summed E-state index contributed by atoms with van der Waals surface area (Å²) < 4.78 is 5.46. The van der Waals surface area contributed by atoms with Crippen LogP contribution in [0.15, 0.2) is 18.2 Å². The van der Waals surface area contributed by atoms with Gasteiger partial charge >= 0.3 is 0 Å². The normalized spacial score (nSPS) is 17.9. The molecular weight excluding hydrogens is 224 g/mol. The molecule has 1 aliphatic rings. The summed E-state index contributed by atoms with van der Waals surface area (Å²) in [5.41, 5.74) is 8.46. The van der Waals surface area contributed by atoms with Crippen molar-refractivity contribution in [3.05, 3.63) is 29.3 Å². The first-order chi connectivity index (χ1) is 8.69. The van der Waals surface area contributed by atoms with Crippen molar-refractivity contribution in [1.82, 2.24) is 4.90 Å². The highest BCUT2D eigenvalue weighted by atomic mass is 16.5. The van der Waals surface area contributed by atoms with Crippen LogP contribution in [0.2, 0.25) is 0 Å². The second kappa shape index (κ2) is 6.21. The maximum absolute atomic E-state index is 5.87. The van der Waals surface area contributed by atoms with Gasteiger partial charge < -0.3 is 10.5 Å². The molecule has 1 aliphatic heterocycles. The number of likely N-dealkylation sites (tertiary alicyclic amines) is 1. The molecule has 0 spiro atoms. The molecule has 0 aromatic heterocycles. The highest BCUT2D eigenvalue weighted by Crippen LogP contribution is 2.23.